The predicted octanol–water partition coefficient (Wildman–Crippen LogP) is 5.53. The smallest absolute Gasteiger partial charge is 0.0300 e. The molecule has 1 heteroatoms. The zero-order valence-electron chi connectivity index (χ0n) is 13.9. The van der Waals surface area contributed by atoms with Crippen LogP contribution in [0.25, 0.3) is 0 Å². The van der Waals surface area contributed by atoms with Crippen molar-refractivity contribution in [3.63, 3.8) is 0 Å². The molecular formula is C20H27N. The largest absolute Gasteiger partial charge is 0.304 e. The van der Waals surface area contributed by atoms with Gasteiger partial charge in [0.1, 0.15) is 0 Å². The van der Waals surface area contributed by atoms with Gasteiger partial charge in [0.05, 0.1) is 0 Å². The van der Waals surface area contributed by atoms with E-state index < -0.39 is 0 Å². The van der Waals surface area contributed by atoms with Gasteiger partial charge < -0.3 is 5.32 Å². The summed E-state index contributed by atoms with van der Waals surface area (Å²) < 4.78 is 0. The van der Waals surface area contributed by atoms with Crippen molar-refractivity contribution in [3.8, 4) is 0 Å². The highest BCUT2D eigenvalue weighted by atomic mass is 14.9. The lowest BCUT2D eigenvalue weighted by Crippen LogP contribution is -2.23. The molecule has 2 aromatic rings. The minimum Gasteiger partial charge on any atom is -0.304 e. The van der Waals surface area contributed by atoms with Crippen molar-refractivity contribution in [2.45, 2.75) is 52.6 Å². The maximum absolute atomic E-state index is 3.70. The van der Waals surface area contributed by atoms with Crippen LogP contribution in [0.1, 0.15) is 68.0 Å². The maximum atomic E-state index is 3.70. The highest BCUT2D eigenvalue weighted by molar-refractivity contribution is 5.30. The molecule has 2 rings (SSSR count). The van der Waals surface area contributed by atoms with Gasteiger partial charge in [0.25, 0.3) is 0 Å². The van der Waals surface area contributed by atoms with Gasteiger partial charge in [-0.3, -0.25) is 0 Å². The first-order chi connectivity index (χ1) is 9.99. The highest BCUT2D eigenvalue weighted by Crippen LogP contribution is 2.23. The van der Waals surface area contributed by atoms with Gasteiger partial charge in [-0.1, -0.05) is 62.4 Å². The summed E-state index contributed by atoms with van der Waals surface area (Å²) in [5.41, 5.74) is 5.47. The molecule has 0 fully saturated rings. The lowest BCUT2D eigenvalue weighted by molar-refractivity contribution is 0.493. The van der Waals surface area contributed by atoms with E-state index >= 15 is 0 Å². The van der Waals surface area contributed by atoms with E-state index in [1.165, 1.54) is 22.3 Å². The topological polar surface area (TPSA) is 12.0 Å². The van der Waals surface area contributed by atoms with Crippen LogP contribution in [0.2, 0.25) is 0 Å². The van der Waals surface area contributed by atoms with Crippen LogP contribution < -0.4 is 5.32 Å². The van der Waals surface area contributed by atoms with Crippen molar-refractivity contribution in [2.75, 3.05) is 0 Å². The zero-order chi connectivity index (χ0) is 15.4. The Morgan fingerprint density at radius 1 is 0.714 bits per heavy atom. The molecule has 112 valence electrons. The molecule has 0 saturated carbocycles. The third-order valence-corrected chi connectivity index (χ3v) is 4.26. The Balaban J connectivity index is 2.07. The van der Waals surface area contributed by atoms with Crippen LogP contribution in [0.4, 0.5) is 0 Å². The highest BCUT2D eigenvalue weighted by Gasteiger charge is 2.12. The minimum absolute atomic E-state index is 0.348. The number of nitrogens with one attached hydrogen (secondary N) is 1. The molecule has 1 N–H and O–H groups in total. The van der Waals surface area contributed by atoms with E-state index in [9.17, 15) is 0 Å². The molecule has 0 spiro atoms. The van der Waals surface area contributed by atoms with E-state index in [1.807, 2.05) is 0 Å². The molecule has 2 atom stereocenters. The molecule has 21 heavy (non-hydrogen) atoms. The van der Waals surface area contributed by atoms with Crippen molar-refractivity contribution in [1.82, 2.24) is 5.32 Å². The Kier molecular flexibility index (Phi) is 5.19. The van der Waals surface area contributed by atoms with Crippen molar-refractivity contribution < 1.29 is 0 Å². The quantitative estimate of drug-likeness (QED) is 0.759. The van der Waals surface area contributed by atoms with Gasteiger partial charge in [0.15, 0.2) is 0 Å². The first kappa shape index (κ1) is 15.8. The number of hydrogen-bond donors (Lipinski definition) is 1. The Morgan fingerprint density at radius 3 is 1.86 bits per heavy atom. The normalized spacial score (nSPS) is 14.2. The summed E-state index contributed by atoms with van der Waals surface area (Å²) in [4.78, 5) is 0. The maximum Gasteiger partial charge on any atom is 0.0300 e. The van der Waals surface area contributed by atoms with Crippen LogP contribution in [0, 0.1) is 6.92 Å². The summed E-state index contributed by atoms with van der Waals surface area (Å²) in [7, 11) is 0. The lowest BCUT2D eigenvalue weighted by atomic mass is 9.98. The fourth-order valence-electron chi connectivity index (χ4n) is 2.80. The minimum atomic E-state index is 0.348. The standard InChI is InChI=1S/C20H27N/c1-14(2)18-10-12-19(13-11-18)16(4)21-17(5)20-9-7-6-8-15(20)3/h6-14,16-17,21H,1-5H3/t16?,17-/m0/s1. The van der Waals surface area contributed by atoms with Crippen LogP contribution in [-0.4, -0.2) is 0 Å². The van der Waals surface area contributed by atoms with Gasteiger partial charge in [-0.15, -0.1) is 0 Å². The molecule has 0 aliphatic rings. The SMILES string of the molecule is Cc1ccccc1[C@H](C)NC(C)c1ccc(C(C)C)cc1. The summed E-state index contributed by atoms with van der Waals surface area (Å²) in [6.45, 7) is 11.1. The Labute approximate surface area is 129 Å². The molecular weight excluding hydrogens is 254 g/mol. The zero-order valence-corrected chi connectivity index (χ0v) is 13.9. The van der Waals surface area contributed by atoms with Crippen molar-refractivity contribution in [3.05, 3.63) is 70.8 Å². The van der Waals surface area contributed by atoms with Crippen molar-refractivity contribution in [2.24, 2.45) is 0 Å². The number of benzene rings is 2. The second-order valence-corrected chi connectivity index (χ2v) is 6.29. The van der Waals surface area contributed by atoms with E-state index in [-0.39, 0.29) is 0 Å². The molecule has 0 saturated heterocycles. The molecule has 2 aromatic carbocycles. The van der Waals surface area contributed by atoms with E-state index in [1.54, 1.807) is 0 Å². The van der Waals surface area contributed by atoms with E-state index in [4.69, 9.17) is 0 Å². The first-order valence-corrected chi connectivity index (χ1v) is 7.90. The molecule has 0 aliphatic heterocycles. The monoisotopic (exact) mass is 281 g/mol. The van der Waals surface area contributed by atoms with Gasteiger partial charge in [0.2, 0.25) is 0 Å². The molecule has 0 heterocycles. The van der Waals surface area contributed by atoms with Crippen LogP contribution >= 0.6 is 0 Å². The third kappa shape index (κ3) is 3.95. The van der Waals surface area contributed by atoms with Crippen molar-refractivity contribution >= 4 is 0 Å². The fraction of sp³-hybridized carbons (Fsp3) is 0.400. The summed E-state index contributed by atoms with van der Waals surface area (Å²) >= 11 is 0. The molecule has 0 amide bonds. The van der Waals surface area contributed by atoms with Crippen molar-refractivity contribution in [1.29, 1.82) is 0 Å². The fourth-order valence-corrected chi connectivity index (χ4v) is 2.80. The summed E-state index contributed by atoms with van der Waals surface area (Å²) in [6, 6.07) is 18.3. The molecule has 0 aromatic heterocycles. The first-order valence-electron chi connectivity index (χ1n) is 7.90. The van der Waals surface area contributed by atoms with Crippen LogP contribution in [0.5, 0.6) is 0 Å². The van der Waals surface area contributed by atoms with Crippen LogP contribution in [-0.2, 0) is 0 Å². The van der Waals surface area contributed by atoms with Crippen LogP contribution in [0.15, 0.2) is 48.5 Å². The second kappa shape index (κ2) is 6.91. The van der Waals surface area contributed by atoms with E-state index in [0.717, 1.165) is 0 Å². The Morgan fingerprint density at radius 2 is 1.29 bits per heavy atom. The number of hydrogen-bond acceptors (Lipinski definition) is 1. The van der Waals surface area contributed by atoms with Gasteiger partial charge in [-0.2, -0.15) is 0 Å². The molecule has 0 aliphatic carbocycles. The lowest BCUT2D eigenvalue weighted by Gasteiger charge is -2.22. The number of aryl methyl sites for hydroxylation is 1. The molecule has 1 nitrogen and oxygen atoms in total. The van der Waals surface area contributed by atoms with Gasteiger partial charge >= 0.3 is 0 Å². The van der Waals surface area contributed by atoms with Gasteiger partial charge in [-0.05, 0) is 48.9 Å². The summed E-state index contributed by atoms with van der Waals surface area (Å²) in [6.07, 6.45) is 0. The Hall–Kier alpha value is -1.60. The van der Waals surface area contributed by atoms with Crippen LogP contribution in [0.3, 0.4) is 0 Å². The Bertz CT molecular complexity index is 569. The average molecular weight is 281 g/mol. The molecule has 0 radical (unpaired) electrons. The summed E-state index contributed by atoms with van der Waals surface area (Å²) in [5.74, 6) is 0.591. The predicted molar refractivity (Wildman–Crippen MR) is 91.7 cm³/mol. The summed E-state index contributed by atoms with van der Waals surface area (Å²) in [5, 5.41) is 3.70. The van der Waals surface area contributed by atoms with Gasteiger partial charge in [0, 0.05) is 12.1 Å². The molecule has 0 bridgehead atoms. The third-order valence-electron chi connectivity index (χ3n) is 4.26. The van der Waals surface area contributed by atoms with Gasteiger partial charge in [-0.25, -0.2) is 0 Å². The van der Waals surface area contributed by atoms with E-state index in [2.05, 4.69) is 88.5 Å². The van der Waals surface area contributed by atoms with E-state index in [0.29, 0.717) is 18.0 Å². The molecule has 1 unspecified atom stereocenters. The number of rotatable bonds is 5. The average Bonchev–Trinajstić information content (AvgIpc) is 2.47. The second-order valence-electron chi connectivity index (χ2n) is 6.29.